The van der Waals surface area contributed by atoms with E-state index in [2.05, 4.69) is 5.32 Å². The molecule has 3 heteroatoms. The highest BCUT2D eigenvalue weighted by molar-refractivity contribution is 5.77. The lowest BCUT2D eigenvalue weighted by atomic mass is 10.1. The second-order valence-electron chi connectivity index (χ2n) is 3.79. The van der Waals surface area contributed by atoms with Crippen molar-refractivity contribution in [2.75, 3.05) is 5.32 Å². The Kier molecular flexibility index (Phi) is 2.15. The Morgan fingerprint density at radius 2 is 2.43 bits per heavy atom. The van der Waals surface area contributed by atoms with E-state index in [0.29, 0.717) is 6.42 Å². The topological polar surface area (TPSA) is 49.3 Å². The van der Waals surface area contributed by atoms with Gasteiger partial charge in [-0.3, -0.25) is 4.79 Å². The molecular weight excluding hydrogens is 178 g/mol. The Balaban J connectivity index is 2.14. The fourth-order valence-corrected chi connectivity index (χ4v) is 1.90. The molecule has 0 fully saturated rings. The summed E-state index contributed by atoms with van der Waals surface area (Å²) in [7, 11) is 0. The smallest absolute Gasteiger partial charge is 0.131 e. The number of fused-ring (bicyclic) bond motifs is 1. The summed E-state index contributed by atoms with van der Waals surface area (Å²) in [5.41, 5.74) is 2.13. The van der Waals surface area contributed by atoms with Gasteiger partial charge >= 0.3 is 0 Å². The number of ketones is 1. The Morgan fingerprint density at radius 3 is 3.14 bits per heavy atom. The summed E-state index contributed by atoms with van der Waals surface area (Å²) in [4.78, 5) is 10.9. The summed E-state index contributed by atoms with van der Waals surface area (Å²) < 4.78 is 0. The summed E-state index contributed by atoms with van der Waals surface area (Å²) in [6.07, 6.45) is 1.37. The zero-order valence-electron chi connectivity index (χ0n) is 8.08. The number of phenolic OH excluding ortho intramolecular Hbond substituents is 1. The lowest BCUT2D eigenvalue weighted by Crippen LogP contribution is -2.18. The van der Waals surface area contributed by atoms with E-state index in [1.54, 1.807) is 19.1 Å². The standard InChI is InChI=1S/C11H13NO2/c1-7(13)4-9-5-8-6-10(14)2-3-11(8)12-9/h2-3,6,9,12,14H,4-5H2,1H3. The number of phenols is 1. The number of rotatable bonds is 2. The third-order valence-electron chi connectivity index (χ3n) is 2.45. The normalized spacial score (nSPS) is 18.8. The Labute approximate surface area is 82.8 Å². The number of hydrogen-bond donors (Lipinski definition) is 2. The molecule has 0 aliphatic carbocycles. The first-order valence-electron chi connectivity index (χ1n) is 4.73. The van der Waals surface area contributed by atoms with Crippen LogP contribution in [0.2, 0.25) is 0 Å². The van der Waals surface area contributed by atoms with Crippen LogP contribution in [0.1, 0.15) is 18.9 Å². The molecule has 0 aromatic heterocycles. The third kappa shape index (κ3) is 1.71. The monoisotopic (exact) mass is 191 g/mol. The molecule has 74 valence electrons. The van der Waals surface area contributed by atoms with Gasteiger partial charge in [0, 0.05) is 18.2 Å². The molecule has 1 aromatic carbocycles. The van der Waals surface area contributed by atoms with Crippen LogP contribution in [0.3, 0.4) is 0 Å². The molecule has 1 heterocycles. The minimum atomic E-state index is 0.194. The Bertz CT molecular complexity index is 374. The summed E-state index contributed by atoms with van der Waals surface area (Å²) in [5.74, 6) is 0.480. The minimum Gasteiger partial charge on any atom is -0.508 e. The van der Waals surface area contributed by atoms with Crippen LogP contribution in [0.15, 0.2) is 18.2 Å². The fourth-order valence-electron chi connectivity index (χ4n) is 1.90. The van der Waals surface area contributed by atoms with Crippen LogP contribution in [0, 0.1) is 0 Å². The van der Waals surface area contributed by atoms with Gasteiger partial charge in [-0.25, -0.2) is 0 Å². The van der Waals surface area contributed by atoms with E-state index in [4.69, 9.17) is 0 Å². The first kappa shape index (κ1) is 9.06. The molecule has 2 rings (SSSR count). The quantitative estimate of drug-likeness (QED) is 0.699. The number of carbonyl (C=O) groups excluding carboxylic acids is 1. The molecule has 0 bridgehead atoms. The van der Waals surface area contributed by atoms with Gasteiger partial charge in [0.05, 0.1) is 0 Å². The number of carbonyl (C=O) groups is 1. The van der Waals surface area contributed by atoms with E-state index >= 15 is 0 Å². The van der Waals surface area contributed by atoms with E-state index < -0.39 is 0 Å². The highest BCUT2D eigenvalue weighted by Crippen LogP contribution is 2.29. The first-order valence-corrected chi connectivity index (χ1v) is 4.73. The number of aromatic hydroxyl groups is 1. The number of Topliss-reactive ketones (excluding diaryl/α,β-unsaturated/α-hetero) is 1. The maximum atomic E-state index is 10.9. The molecule has 1 aliphatic heterocycles. The molecule has 1 unspecified atom stereocenters. The van der Waals surface area contributed by atoms with Crippen molar-refractivity contribution in [3.63, 3.8) is 0 Å². The van der Waals surface area contributed by atoms with Gasteiger partial charge in [0.2, 0.25) is 0 Å². The summed E-state index contributed by atoms with van der Waals surface area (Å²) in [6, 6.07) is 5.46. The predicted molar refractivity (Wildman–Crippen MR) is 54.5 cm³/mol. The fraction of sp³-hybridized carbons (Fsp3) is 0.364. The maximum Gasteiger partial charge on any atom is 0.131 e. The number of nitrogens with one attached hydrogen (secondary N) is 1. The van der Waals surface area contributed by atoms with Crippen molar-refractivity contribution in [3.05, 3.63) is 23.8 Å². The molecule has 14 heavy (non-hydrogen) atoms. The molecule has 0 spiro atoms. The molecule has 1 aromatic rings. The van der Waals surface area contributed by atoms with Gasteiger partial charge in [0.15, 0.2) is 0 Å². The van der Waals surface area contributed by atoms with Crippen LogP contribution in [-0.4, -0.2) is 16.9 Å². The van der Waals surface area contributed by atoms with Gasteiger partial charge in [-0.2, -0.15) is 0 Å². The summed E-state index contributed by atoms with van der Waals surface area (Å²) >= 11 is 0. The Hall–Kier alpha value is -1.51. The average molecular weight is 191 g/mol. The van der Waals surface area contributed by atoms with Crippen molar-refractivity contribution >= 4 is 11.5 Å². The summed E-state index contributed by atoms with van der Waals surface area (Å²) in [5, 5.41) is 12.5. The molecule has 2 N–H and O–H groups in total. The molecule has 0 amide bonds. The predicted octanol–water partition coefficient (Wildman–Crippen LogP) is 1.71. The zero-order valence-corrected chi connectivity index (χ0v) is 8.08. The zero-order chi connectivity index (χ0) is 10.1. The highest BCUT2D eigenvalue weighted by Gasteiger charge is 2.21. The van der Waals surface area contributed by atoms with E-state index in [-0.39, 0.29) is 17.6 Å². The van der Waals surface area contributed by atoms with Gasteiger partial charge < -0.3 is 10.4 Å². The Morgan fingerprint density at radius 1 is 1.64 bits per heavy atom. The van der Waals surface area contributed by atoms with Gasteiger partial charge in [-0.1, -0.05) is 0 Å². The largest absolute Gasteiger partial charge is 0.508 e. The van der Waals surface area contributed by atoms with E-state index in [1.807, 2.05) is 6.07 Å². The van der Waals surface area contributed by atoms with Crippen LogP contribution < -0.4 is 5.32 Å². The number of anilines is 1. The average Bonchev–Trinajstić information content (AvgIpc) is 2.44. The molecule has 0 saturated heterocycles. The maximum absolute atomic E-state index is 10.9. The number of hydrogen-bond acceptors (Lipinski definition) is 3. The lowest BCUT2D eigenvalue weighted by Gasteiger charge is -2.07. The minimum absolute atomic E-state index is 0.194. The van der Waals surface area contributed by atoms with Gasteiger partial charge in [-0.05, 0) is 37.1 Å². The second-order valence-corrected chi connectivity index (χ2v) is 3.79. The lowest BCUT2D eigenvalue weighted by molar-refractivity contribution is -0.117. The van der Waals surface area contributed by atoms with Crippen molar-refractivity contribution < 1.29 is 9.90 Å². The van der Waals surface area contributed by atoms with Crippen LogP contribution >= 0.6 is 0 Å². The van der Waals surface area contributed by atoms with E-state index in [0.717, 1.165) is 17.7 Å². The molecule has 3 nitrogen and oxygen atoms in total. The first-order chi connectivity index (χ1) is 6.65. The van der Waals surface area contributed by atoms with Gasteiger partial charge in [-0.15, -0.1) is 0 Å². The van der Waals surface area contributed by atoms with Crippen LogP contribution in [0.25, 0.3) is 0 Å². The van der Waals surface area contributed by atoms with Crippen LogP contribution in [0.4, 0.5) is 5.69 Å². The molecule has 1 aliphatic rings. The molecule has 0 saturated carbocycles. The molecule has 1 atom stereocenters. The van der Waals surface area contributed by atoms with E-state index in [9.17, 15) is 9.90 Å². The molecular formula is C11H13NO2. The second kappa shape index (κ2) is 3.33. The number of benzene rings is 1. The van der Waals surface area contributed by atoms with Crippen molar-refractivity contribution in [1.29, 1.82) is 0 Å². The third-order valence-corrected chi connectivity index (χ3v) is 2.45. The van der Waals surface area contributed by atoms with Crippen molar-refractivity contribution in [2.24, 2.45) is 0 Å². The van der Waals surface area contributed by atoms with Crippen molar-refractivity contribution in [1.82, 2.24) is 0 Å². The van der Waals surface area contributed by atoms with Crippen molar-refractivity contribution in [3.8, 4) is 5.75 Å². The highest BCUT2D eigenvalue weighted by atomic mass is 16.3. The van der Waals surface area contributed by atoms with Crippen molar-refractivity contribution in [2.45, 2.75) is 25.8 Å². The van der Waals surface area contributed by atoms with E-state index in [1.165, 1.54) is 0 Å². The van der Waals surface area contributed by atoms with Crippen LogP contribution in [-0.2, 0) is 11.2 Å². The SMILES string of the molecule is CC(=O)CC1Cc2cc(O)ccc2N1. The van der Waals surface area contributed by atoms with Gasteiger partial charge in [0.1, 0.15) is 11.5 Å². The summed E-state index contributed by atoms with van der Waals surface area (Å²) in [6.45, 7) is 1.60. The molecule has 0 radical (unpaired) electrons. The van der Waals surface area contributed by atoms with Crippen LogP contribution in [0.5, 0.6) is 5.75 Å². The van der Waals surface area contributed by atoms with Gasteiger partial charge in [0.25, 0.3) is 0 Å².